The van der Waals surface area contributed by atoms with Crippen molar-refractivity contribution < 1.29 is 14.3 Å². The monoisotopic (exact) mass is 387 g/mol. The van der Waals surface area contributed by atoms with E-state index in [0.29, 0.717) is 30.5 Å². The topological polar surface area (TPSA) is 63.7 Å². The summed E-state index contributed by atoms with van der Waals surface area (Å²) in [5.74, 6) is 0.807. The molecular weight excluding hydrogens is 362 g/mol. The van der Waals surface area contributed by atoms with E-state index in [2.05, 4.69) is 10.3 Å². The van der Waals surface area contributed by atoms with Gasteiger partial charge in [0.05, 0.1) is 25.9 Å². The fourth-order valence-corrected chi connectivity index (χ4v) is 4.61. The molecule has 0 unspecified atom stereocenters. The summed E-state index contributed by atoms with van der Waals surface area (Å²) in [5, 5.41) is 5.79. The second-order valence-electron chi connectivity index (χ2n) is 7.21. The highest BCUT2D eigenvalue weighted by molar-refractivity contribution is 7.14. The van der Waals surface area contributed by atoms with Crippen LogP contribution in [0.15, 0.2) is 29.6 Å². The number of morpholine rings is 1. The lowest BCUT2D eigenvalue weighted by Gasteiger charge is -2.44. The Kier molecular flexibility index (Phi) is 5.31. The predicted octanol–water partition coefficient (Wildman–Crippen LogP) is 4.07. The second kappa shape index (κ2) is 7.86. The first-order valence-electron chi connectivity index (χ1n) is 9.47. The minimum absolute atomic E-state index is 0.00211. The number of carbonyl (C=O) groups excluding carboxylic acids is 1. The number of carbonyl (C=O) groups is 1. The quantitative estimate of drug-likeness (QED) is 0.857. The number of nitrogens with zero attached hydrogens (tertiary/aromatic N) is 2. The summed E-state index contributed by atoms with van der Waals surface area (Å²) in [5.41, 5.74) is 1.28. The molecule has 1 aliphatic carbocycles. The molecule has 2 fully saturated rings. The van der Waals surface area contributed by atoms with Gasteiger partial charge < -0.3 is 19.7 Å². The minimum Gasteiger partial charge on any atom is -0.497 e. The molecule has 7 heteroatoms. The molecule has 2 aliphatic rings. The van der Waals surface area contributed by atoms with E-state index in [-0.39, 0.29) is 11.5 Å². The molecule has 0 radical (unpaired) electrons. The summed E-state index contributed by atoms with van der Waals surface area (Å²) >= 11 is 1.44. The van der Waals surface area contributed by atoms with Crippen molar-refractivity contribution in [3.63, 3.8) is 0 Å². The van der Waals surface area contributed by atoms with Crippen molar-refractivity contribution in [1.82, 2.24) is 9.88 Å². The van der Waals surface area contributed by atoms with Crippen LogP contribution in [0.25, 0.3) is 0 Å². The molecule has 1 aromatic carbocycles. The fourth-order valence-electron chi connectivity index (χ4n) is 3.91. The third-order valence-corrected chi connectivity index (χ3v) is 6.12. The molecular formula is C20H25N3O3S. The molecule has 1 amide bonds. The van der Waals surface area contributed by atoms with Gasteiger partial charge in [0.15, 0.2) is 5.13 Å². The molecule has 1 N–H and O–H groups in total. The van der Waals surface area contributed by atoms with Gasteiger partial charge in [0.2, 0.25) is 0 Å². The van der Waals surface area contributed by atoms with Gasteiger partial charge in [0.25, 0.3) is 5.91 Å². The maximum atomic E-state index is 12.9. The first kappa shape index (κ1) is 18.3. The maximum absolute atomic E-state index is 12.9. The number of hydrogen-bond donors (Lipinski definition) is 1. The van der Waals surface area contributed by atoms with E-state index in [1.165, 1.54) is 30.6 Å². The predicted molar refractivity (Wildman–Crippen MR) is 106 cm³/mol. The Labute approximate surface area is 163 Å². The van der Waals surface area contributed by atoms with E-state index in [1.807, 2.05) is 34.5 Å². The van der Waals surface area contributed by atoms with Crippen LogP contribution in [0.2, 0.25) is 0 Å². The second-order valence-corrected chi connectivity index (χ2v) is 8.07. The zero-order chi connectivity index (χ0) is 18.7. The molecule has 1 saturated carbocycles. The molecule has 27 heavy (non-hydrogen) atoms. The molecule has 0 bridgehead atoms. The molecule has 1 spiro atoms. The van der Waals surface area contributed by atoms with Crippen molar-refractivity contribution in [2.75, 3.05) is 32.1 Å². The van der Waals surface area contributed by atoms with Crippen molar-refractivity contribution in [3.05, 3.63) is 35.3 Å². The number of amides is 1. The van der Waals surface area contributed by atoms with Crippen LogP contribution in [0.3, 0.4) is 0 Å². The van der Waals surface area contributed by atoms with Crippen molar-refractivity contribution in [2.24, 2.45) is 0 Å². The van der Waals surface area contributed by atoms with E-state index < -0.39 is 0 Å². The van der Waals surface area contributed by atoms with Crippen LogP contribution in [0.4, 0.5) is 10.8 Å². The van der Waals surface area contributed by atoms with Gasteiger partial charge in [-0.05, 0) is 37.1 Å². The lowest BCUT2D eigenvalue weighted by molar-refractivity contribution is -0.117. The lowest BCUT2D eigenvalue weighted by Crippen LogP contribution is -2.54. The average Bonchev–Trinajstić information content (AvgIpc) is 3.17. The first-order valence-corrected chi connectivity index (χ1v) is 10.4. The average molecular weight is 388 g/mol. The summed E-state index contributed by atoms with van der Waals surface area (Å²) in [7, 11) is 1.64. The van der Waals surface area contributed by atoms with Crippen molar-refractivity contribution >= 4 is 28.1 Å². The normalized spacial score (nSPS) is 19.1. The molecule has 1 saturated heterocycles. The van der Waals surface area contributed by atoms with Gasteiger partial charge in [-0.1, -0.05) is 19.3 Å². The van der Waals surface area contributed by atoms with Crippen LogP contribution in [0.5, 0.6) is 5.75 Å². The van der Waals surface area contributed by atoms with Gasteiger partial charge in [-0.2, -0.15) is 0 Å². The van der Waals surface area contributed by atoms with Gasteiger partial charge in [-0.15, -0.1) is 11.3 Å². The molecule has 2 aromatic rings. The number of thiazole rings is 1. The van der Waals surface area contributed by atoms with Crippen molar-refractivity contribution in [1.29, 1.82) is 0 Å². The summed E-state index contributed by atoms with van der Waals surface area (Å²) < 4.78 is 11.3. The van der Waals surface area contributed by atoms with Crippen LogP contribution in [0, 0.1) is 0 Å². The van der Waals surface area contributed by atoms with Crippen LogP contribution in [-0.4, -0.2) is 48.2 Å². The first-order chi connectivity index (χ1) is 13.2. The number of nitrogens with one attached hydrogen (secondary N) is 1. The Balaban J connectivity index is 1.41. The highest BCUT2D eigenvalue weighted by Gasteiger charge is 2.39. The Hall–Kier alpha value is -2.12. The summed E-state index contributed by atoms with van der Waals surface area (Å²) in [6, 6.07) is 7.63. The fraction of sp³-hybridized carbons (Fsp3) is 0.500. The third kappa shape index (κ3) is 4.09. The Morgan fingerprint density at radius 2 is 2.04 bits per heavy atom. The molecule has 0 atom stereocenters. The number of methoxy groups -OCH3 is 1. The minimum atomic E-state index is -0.133. The zero-order valence-electron chi connectivity index (χ0n) is 15.6. The Bertz CT molecular complexity index is 779. The van der Waals surface area contributed by atoms with Crippen LogP contribution < -0.4 is 10.1 Å². The molecule has 1 aliphatic heterocycles. The zero-order valence-corrected chi connectivity index (χ0v) is 16.4. The van der Waals surface area contributed by atoms with E-state index in [0.717, 1.165) is 24.3 Å². The Morgan fingerprint density at radius 1 is 1.26 bits per heavy atom. The highest BCUT2D eigenvalue weighted by Crippen LogP contribution is 2.35. The van der Waals surface area contributed by atoms with E-state index >= 15 is 0 Å². The van der Waals surface area contributed by atoms with Gasteiger partial charge in [0.1, 0.15) is 11.4 Å². The molecule has 1 aromatic heterocycles. The van der Waals surface area contributed by atoms with E-state index in [1.54, 1.807) is 7.11 Å². The van der Waals surface area contributed by atoms with Gasteiger partial charge in [-0.25, -0.2) is 4.98 Å². The van der Waals surface area contributed by atoms with Gasteiger partial charge in [0, 0.05) is 17.6 Å². The Morgan fingerprint density at radius 3 is 2.78 bits per heavy atom. The van der Waals surface area contributed by atoms with E-state index in [9.17, 15) is 4.79 Å². The number of benzene rings is 1. The van der Waals surface area contributed by atoms with E-state index in [4.69, 9.17) is 9.47 Å². The summed E-state index contributed by atoms with van der Waals surface area (Å²) in [6.07, 6.45) is 5.76. The van der Waals surface area contributed by atoms with Gasteiger partial charge in [-0.3, -0.25) is 4.79 Å². The highest BCUT2D eigenvalue weighted by atomic mass is 32.1. The lowest BCUT2D eigenvalue weighted by atomic mass is 9.83. The number of ether oxygens (including phenoxy) is 2. The molecule has 144 valence electrons. The van der Waals surface area contributed by atoms with Crippen molar-refractivity contribution in [2.45, 2.75) is 37.7 Å². The van der Waals surface area contributed by atoms with Crippen molar-refractivity contribution in [3.8, 4) is 5.75 Å². The third-order valence-electron chi connectivity index (χ3n) is 5.37. The molecule has 6 nitrogen and oxygen atoms in total. The summed E-state index contributed by atoms with van der Waals surface area (Å²) in [4.78, 5) is 19.4. The molecule has 4 rings (SSSR count). The van der Waals surface area contributed by atoms with Crippen LogP contribution in [0.1, 0.15) is 42.6 Å². The number of rotatable bonds is 4. The molecule has 2 heterocycles. The van der Waals surface area contributed by atoms with Crippen LogP contribution in [-0.2, 0) is 4.74 Å². The van der Waals surface area contributed by atoms with Gasteiger partial charge >= 0.3 is 0 Å². The SMILES string of the molecule is COc1ccc(Nc2nc(C(=O)N3CCOC4(CCCCC4)C3)cs2)cc1. The number of anilines is 2. The largest absolute Gasteiger partial charge is 0.497 e. The standard InChI is InChI=1S/C20H25N3O3S/c1-25-16-7-5-15(6-8-16)21-19-22-17(13-27-19)18(24)23-11-12-26-20(14-23)9-3-2-4-10-20/h5-8,13H,2-4,9-12,14H2,1H3,(H,21,22). The van der Waals surface area contributed by atoms with Crippen LogP contribution >= 0.6 is 11.3 Å². The smallest absolute Gasteiger partial charge is 0.273 e. The number of hydrogen-bond acceptors (Lipinski definition) is 6. The summed E-state index contributed by atoms with van der Waals surface area (Å²) in [6.45, 7) is 1.94. The maximum Gasteiger partial charge on any atom is 0.273 e. The number of aromatic nitrogens is 1.